The second-order valence-corrected chi connectivity index (χ2v) is 4.49. The quantitative estimate of drug-likeness (QED) is 0.480. The summed E-state index contributed by atoms with van der Waals surface area (Å²) in [6, 6.07) is 4.13. The first-order chi connectivity index (χ1) is 7.54. The summed E-state index contributed by atoms with van der Waals surface area (Å²) in [4.78, 5) is 10.6. The molecule has 7 heteroatoms. The number of aliphatic hydroxyl groups excluding tert-OH is 2. The van der Waals surface area contributed by atoms with Gasteiger partial charge in [-0.05, 0) is 6.07 Å². The van der Waals surface area contributed by atoms with E-state index in [4.69, 9.17) is 21.8 Å². The van der Waals surface area contributed by atoms with E-state index in [-0.39, 0.29) is 23.1 Å². The van der Waals surface area contributed by atoms with Crippen LogP contribution in [-0.4, -0.2) is 33.6 Å². The number of halogens is 1. The highest BCUT2D eigenvalue weighted by molar-refractivity contribution is 7.99. The predicted octanol–water partition coefficient (Wildman–Crippen LogP) is 1.69. The van der Waals surface area contributed by atoms with Gasteiger partial charge in [0.1, 0.15) is 0 Å². The van der Waals surface area contributed by atoms with Crippen LogP contribution in [0.25, 0.3) is 0 Å². The topological polar surface area (TPSA) is 83.6 Å². The number of nitro benzene ring substituents is 1. The molecule has 0 aliphatic carbocycles. The van der Waals surface area contributed by atoms with E-state index in [1.54, 1.807) is 0 Å². The molecular formula is C9H10ClNO4S. The van der Waals surface area contributed by atoms with E-state index >= 15 is 0 Å². The van der Waals surface area contributed by atoms with Gasteiger partial charge >= 0.3 is 0 Å². The number of hydrogen-bond donors (Lipinski definition) is 2. The van der Waals surface area contributed by atoms with Gasteiger partial charge in [-0.2, -0.15) is 0 Å². The van der Waals surface area contributed by atoms with Gasteiger partial charge in [0, 0.05) is 22.8 Å². The van der Waals surface area contributed by atoms with Crippen LogP contribution < -0.4 is 0 Å². The summed E-state index contributed by atoms with van der Waals surface area (Å²) in [6.07, 6.45) is -0.823. The van der Waals surface area contributed by atoms with E-state index in [1.807, 2.05) is 0 Å². The van der Waals surface area contributed by atoms with Gasteiger partial charge in [-0.1, -0.05) is 11.6 Å². The van der Waals surface area contributed by atoms with Crippen molar-refractivity contribution in [2.24, 2.45) is 0 Å². The molecule has 0 bridgehead atoms. The fourth-order valence-electron chi connectivity index (χ4n) is 0.959. The van der Waals surface area contributed by atoms with Gasteiger partial charge in [0.05, 0.1) is 22.7 Å². The standard InChI is InChI=1S/C9H10ClNO4S/c10-8-3-6(11(14)15)1-2-9(8)16-5-7(13)4-12/h1-3,7,12-13H,4-5H2. The molecule has 1 aromatic carbocycles. The Bertz CT molecular complexity index is 388. The Morgan fingerprint density at radius 3 is 2.75 bits per heavy atom. The lowest BCUT2D eigenvalue weighted by Crippen LogP contribution is -2.14. The Balaban J connectivity index is 2.72. The van der Waals surface area contributed by atoms with Crippen LogP contribution in [0.4, 0.5) is 5.69 Å². The molecular weight excluding hydrogens is 254 g/mol. The third kappa shape index (κ3) is 3.64. The van der Waals surface area contributed by atoms with Crippen molar-refractivity contribution in [2.75, 3.05) is 12.4 Å². The zero-order valence-electron chi connectivity index (χ0n) is 8.17. The van der Waals surface area contributed by atoms with Crippen LogP contribution in [0.1, 0.15) is 0 Å². The smallest absolute Gasteiger partial charge is 0.270 e. The fourth-order valence-corrected chi connectivity index (χ4v) is 2.14. The van der Waals surface area contributed by atoms with Crippen molar-refractivity contribution < 1.29 is 15.1 Å². The molecule has 0 amide bonds. The summed E-state index contributed by atoms with van der Waals surface area (Å²) in [6.45, 7) is -0.322. The van der Waals surface area contributed by atoms with Gasteiger partial charge in [0.15, 0.2) is 0 Å². The molecule has 0 aliphatic heterocycles. The number of nitrogens with zero attached hydrogens (tertiary/aromatic N) is 1. The molecule has 1 atom stereocenters. The minimum Gasteiger partial charge on any atom is -0.394 e. The average Bonchev–Trinajstić information content (AvgIpc) is 2.26. The lowest BCUT2D eigenvalue weighted by Gasteiger charge is -2.07. The monoisotopic (exact) mass is 263 g/mol. The summed E-state index contributed by atoms with van der Waals surface area (Å²) < 4.78 is 0. The second kappa shape index (κ2) is 6.05. The van der Waals surface area contributed by atoms with Crippen molar-refractivity contribution in [1.82, 2.24) is 0 Å². The normalized spacial score (nSPS) is 12.4. The van der Waals surface area contributed by atoms with Crippen molar-refractivity contribution in [1.29, 1.82) is 0 Å². The minimum atomic E-state index is -0.823. The molecule has 1 unspecified atom stereocenters. The van der Waals surface area contributed by atoms with Crippen LogP contribution >= 0.6 is 23.4 Å². The highest BCUT2D eigenvalue weighted by Crippen LogP contribution is 2.30. The van der Waals surface area contributed by atoms with Crippen molar-refractivity contribution in [3.8, 4) is 0 Å². The Kier molecular flexibility index (Phi) is 5.01. The molecule has 0 radical (unpaired) electrons. The van der Waals surface area contributed by atoms with E-state index in [0.29, 0.717) is 4.90 Å². The lowest BCUT2D eigenvalue weighted by atomic mass is 10.3. The number of nitro groups is 1. The van der Waals surface area contributed by atoms with Crippen LogP contribution in [-0.2, 0) is 0 Å². The zero-order chi connectivity index (χ0) is 12.1. The summed E-state index contributed by atoms with van der Waals surface area (Å²) in [7, 11) is 0. The molecule has 0 aliphatic rings. The first-order valence-electron chi connectivity index (χ1n) is 4.40. The number of aliphatic hydroxyl groups is 2. The van der Waals surface area contributed by atoms with Gasteiger partial charge in [0.25, 0.3) is 5.69 Å². The van der Waals surface area contributed by atoms with Crippen molar-refractivity contribution >= 4 is 29.1 Å². The molecule has 5 nitrogen and oxygen atoms in total. The first kappa shape index (κ1) is 13.2. The van der Waals surface area contributed by atoms with E-state index < -0.39 is 11.0 Å². The van der Waals surface area contributed by atoms with E-state index in [0.717, 1.165) is 0 Å². The summed E-state index contributed by atoms with van der Waals surface area (Å²) in [5.74, 6) is 0.286. The Labute approximate surface area is 101 Å². The highest BCUT2D eigenvalue weighted by atomic mass is 35.5. The first-order valence-corrected chi connectivity index (χ1v) is 5.76. The number of rotatable bonds is 5. The van der Waals surface area contributed by atoms with Gasteiger partial charge < -0.3 is 10.2 Å². The third-order valence-electron chi connectivity index (χ3n) is 1.77. The van der Waals surface area contributed by atoms with E-state index in [1.165, 1.54) is 30.0 Å². The molecule has 1 aromatic rings. The SMILES string of the molecule is O=[N+]([O-])c1ccc(SCC(O)CO)c(Cl)c1. The Hall–Kier alpha value is -0.820. The number of hydrogen-bond acceptors (Lipinski definition) is 5. The highest BCUT2D eigenvalue weighted by Gasteiger charge is 2.11. The fraction of sp³-hybridized carbons (Fsp3) is 0.333. The lowest BCUT2D eigenvalue weighted by molar-refractivity contribution is -0.384. The van der Waals surface area contributed by atoms with Gasteiger partial charge in [-0.3, -0.25) is 10.1 Å². The predicted molar refractivity (Wildman–Crippen MR) is 61.9 cm³/mol. The van der Waals surface area contributed by atoms with Crippen LogP contribution in [0.5, 0.6) is 0 Å². The number of non-ortho nitro benzene ring substituents is 1. The number of thioether (sulfide) groups is 1. The van der Waals surface area contributed by atoms with E-state index in [2.05, 4.69) is 0 Å². The van der Waals surface area contributed by atoms with Crippen molar-refractivity contribution in [3.63, 3.8) is 0 Å². The minimum absolute atomic E-state index is 0.0722. The van der Waals surface area contributed by atoms with Crippen LogP contribution in [0.3, 0.4) is 0 Å². The summed E-state index contributed by atoms with van der Waals surface area (Å²) in [5.41, 5.74) is -0.0722. The maximum atomic E-state index is 10.4. The summed E-state index contributed by atoms with van der Waals surface area (Å²) >= 11 is 7.07. The molecule has 16 heavy (non-hydrogen) atoms. The molecule has 0 saturated heterocycles. The van der Waals surface area contributed by atoms with Gasteiger partial charge in [-0.15, -0.1) is 11.8 Å². The van der Waals surface area contributed by atoms with Crippen molar-refractivity contribution in [3.05, 3.63) is 33.3 Å². The molecule has 1 rings (SSSR count). The average molecular weight is 264 g/mol. The summed E-state index contributed by atoms with van der Waals surface area (Å²) in [5, 5.41) is 28.5. The van der Waals surface area contributed by atoms with Crippen molar-refractivity contribution in [2.45, 2.75) is 11.0 Å². The number of benzene rings is 1. The van der Waals surface area contributed by atoms with Gasteiger partial charge in [0.2, 0.25) is 0 Å². The van der Waals surface area contributed by atoms with Gasteiger partial charge in [-0.25, -0.2) is 0 Å². The van der Waals surface area contributed by atoms with E-state index in [9.17, 15) is 10.1 Å². The Morgan fingerprint density at radius 2 is 2.25 bits per heavy atom. The molecule has 88 valence electrons. The molecule has 2 N–H and O–H groups in total. The molecule has 0 aromatic heterocycles. The van der Waals surface area contributed by atoms with Crippen LogP contribution in [0, 0.1) is 10.1 Å². The molecule has 0 heterocycles. The maximum Gasteiger partial charge on any atom is 0.270 e. The largest absolute Gasteiger partial charge is 0.394 e. The Morgan fingerprint density at radius 1 is 1.56 bits per heavy atom. The zero-order valence-corrected chi connectivity index (χ0v) is 9.74. The molecule has 0 spiro atoms. The third-order valence-corrected chi connectivity index (χ3v) is 3.41. The second-order valence-electron chi connectivity index (χ2n) is 3.02. The molecule has 0 fully saturated rings. The van der Waals surface area contributed by atoms with Crippen LogP contribution in [0.2, 0.25) is 5.02 Å². The van der Waals surface area contributed by atoms with Crippen LogP contribution in [0.15, 0.2) is 23.1 Å². The molecule has 0 saturated carbocycles. The maximum absolute atomic E-state index is 10.4.